The van der Waals surface area contributed by atoms with Crippen LogP contribution in [0.2, 0.25) is 0 Å². The van der Waals surface area contributed by atoms with Crippen LogP contribution in [0.5, 0.6) is 0 Å². The second kappa shape index (κ2) is 8.02. The topological polar surface area (TPSA) is 81.0 Å². The molecule has 28 heavy (non-hydrogen) atoms. The summed E-state index contributed by atoms with van der Waals surface area (Å²) in [7, 11) is 0. The average Bonchev–Trinajstić information content (AvgIpc) is 3.35. The van der Waals surface area contributed by atoms with Gasteiger partial charge in [-0.15, -0.1) is 11.3 Å². The zero-order chi connectivity index (χ0) is 19.5. The standard InChI is InChI=1S/C20H21N5O2S/c1-14-11-18-24(8-2-9-25(18)23-14)19(27)6-5-17(26)12-16-4-3-15(13-22-16)20-21-7-10-28-20/h3-4,7,10-11,13H,2,5-6,8-9,12H2,1H3. The van der Waals surface area contributed by atoms with E-state index in [0.717, 1.165) is 35.0 Å². The van der Waals surface area contributed by atoms with Crippen LogP contribution in [0.4, 0.5) is 5.82 Å². The summed E-state index contributed by atoms with van der Waals surface area (Å²) in [5.74, 6) is 0.825. The number of carbonyl (C=O) groups is 2. The SMILES string of the molecule is Cc1cc2n(n1)CCCN2C(=O)CCC(=O)Cc1ccc(-c2nccs2)cn1. The van der Waals surface area contributed by atoms with Crippen molar-refractivity contribution in [2.45, 2.75) is 39.2 Å². The highest BCUT2D eigenvalue weighted by molar-refractivity contribution is 7.13. The number of fused-ring (bicyclic) bond motifs is 1. The number of anilines is 1. The molecular weight excluding hydrogens is 374 g/mol. The van der Waals surface area contributed by atoms with E-state index in [1.807, 2.05) is 35.2 Å². The van der Waals surface area contributed by atoms with Crippen molar-refractivity contribution in [2.75, 3.05) is 11.4 Å². The van der Waals surface area contributed by atoms with Gasteiger partial charge in [0.05, 0.1) is 5.69 Å². The van der Waals surface area contributed by atoms with Crippen LogP contribution in [-0.2, 0) is 22.6 Å². The van der Waals surface area contributed by atoms with Crippen molar-refractivity contribution in [1.82, 2.24) is 19.7 Å². The fraction of sp³-hybridized carbons (Fsp3) is 0.350. The van der Waals surface area contributed by atoms with E-state index in [1.165, 1.54) is 0 Å². The first-order chi connectivity index (χ1) is 13.6. The first-order valence-corrected chi connectivity index (χ1v) is 10.2. The summed E-state index contributed by atoms with van der Waals surface area (Å²) in [5.41, 5.74) is 2.56. The quantitative estimate of drug-likeness (QED) is 0.641. The van der Waals surface area contributed by atoms with Gasteiger partial charge in [0, 0.05) is 67.4 Å². The number of hydrogen-bond donors (Lipinski definition) is 0. The third-order valence-electron chi connectivity index (χ3n) is 4.71. The molecule has 0 N–H and O–H groups in total. The van der Waals surface area contributed by atoms with Crippen LogP contribution < -0.4 is 4.90 Å². The Morgan fingerprint density at radius 3 is 2.82 bits per heavy atom. The van der Waals surface area contributed by atoms with Crippen LogP contribution in [0.25, 0.3) is 10.6 Å². The Hall–Kier alpha value is -2.87. The van der Waals surface area contributed by atoms with Gasteiger partial charge in [0.25, 0.3) is 0 Å². The molecule has 8 heteroatoms. The molecule has 1 aliphatic heterocycles. The van der Waals surface area contributed by atoms with E-state index >= 15 is 0 Å². The van der Waals surface area contributed by atoms with Crippen LogP contribution in [0.1, 0.15) is 30.7 Å². The second-order valence-electron chi connectivity index (χ2n) is 6.86. The number of aryl methyl sites for hydroxylation is 2. The monoisotopic (exact) mass is 395 g/mol. The van der Waals surface area contributed by atoms with Crippen molar-refractivity contribution in [3.05, 3.63) is 47.4 Å². The average molecular weight is 395 g/mol. The molecule has 0 saturated carbocycles. The van der Waals surface area contributed by atoms with Crippen molar-refractivity contribution in [2.24, 2.45) is 0 Å². The number of pyridine rings is 1. The molecule has 4 heterocycles. The number of ketones is 1. The molecule has 3 aromatic rings. The van der Waals surface area contributed by atoms with Gasteiger partial charge < -0.3 is 0 Å². The lowest BCUT2D eigenvalue weighted by Crippen LogP contribution is -2.37. The van der Waals surface area contributed by atoms with Crippen LogP contribution in [0.3, 0.4) is 0 Å². The van der Waals surface area contributed by atoms with Gasteiger partial charge >= 0.3 is 0 Å². The minimum absolute atomic E-state index is 0.0181. The van der Waals surface area contributed by atoms with E-state index in [9.17, 15) is 9.59 Å². The summed E-state index contributed by atoms with van der Waals surface area (Å²) in [5, 5.41) is 7.23. The molecule has 0 spiro atoms. The lowest BCUT2D eigenvalue weighted by molar-refractivity contribution is -0.123. The van der Waals surface area contributed by atoms with E-state index in [1.54, 1.807) is 28.6 Å². The smallest absolute Gasteiger partial charge is 0.228 e. The lowest BCUT2D eigenvalue weighted by atomic mass is 10.1. The highest BCUT2D eigenvalue weighted by Crippen LogP contribution is 2.23. The number of Topliss-reactive ketones (excluding diaryl/α,β-unsaturated/α-hetero) is 1. The van der Waals surface area contributed by atoms with Gasteiger partial charge in [-0.3, -0.25) is 19.5 Å². The Kier molecular flexibility index (Phi) is 5.29. The molecule has 144 valence electrons. The van der Waals surface area contributed by atoms with Gasteiger partial charge in [0.2, 0.25) is 5.91 Å². The zero-order valence-corrected chi connectivity index (χ0v) is 16.5. The zero-order valence-electron chi connectivity index (χ0n) is 15.7. The fourth-order valence-corrected chi connectivity index (χ4v) is 3.98. The van der Waals surface area contributed by atoms with Crippen molar-refractivity contribution >= 4 is 28.8 Å². The summed E-state index contributed by atoms with van der Waals surface area (Å²) in [4.78, 5) is 35.3. The molecule has 0 atom stereocenters. The Balaban J connectivity index is 1.32. The number of carbonyl (C=O) groups excluding carboxylic acids is 2. The summed E-state index contributed by atoms with van der Waals surface area (Å²) in [6.45, 7) is 3.43. The Labute approximate surface area is 167 Å². The Morgan fingerprint density at radius 2 is 2.07 bits per heavy atom. The van der Waals surface area contributed by atoms with Crippen LogP contribution >= 0.6 is 11.3 Å². The highest BCUT2D eigenvalue weighted by Gasteiger charge is 2.24. The maximum Gasteiger partial charge on any atom is 0.228 e. The molecule has 0 saturated heterocycles. The fourth-order valence-electron chi connectivity index (χ4n) is 3.35. The van der Waals surface area contributed by atoms with E-state index < -0.39 is 0 Å². The molecule has 0 bridgehead atoms. The molecule has 0 unspecified atom stereocenters. The molecule has 0 aromatic carbocycles. The third kappa shape index (κ3) is 4.01. The molecule has 0 radical (unpaired) electrons. The molecule has 0 aliphatic carbocycles. The van der Waals surface area contributed by atoms with E-state index in [-0.39, 0.29) is 31.0 Å². The second-order valence-corrected chi connectivity index (χ2v) is 7.75. The maximum atomic E-state index is 12.6. The van der Waals surface area contributed by atoms with E-state index in [0.29, 0.717) is 12.2 Å². The van der Waals surface area contributed by atoms with E-state index in [2.05, 4.69) is 15.1 Å². The van der Waals surface area contributed by atoms with E-state index in [4.69, 9.17) is 0 Å². The van der Waals surface area contributed by atoms with Crippen molar-refractivity contribution < 1.29 is 9.59 Å². The number of amides is 1. The van der Waals surface area contributed by atoms with Crippen molar-refractivity contribution in [3.63, 3.8) is 0 Å². The van der Waals surface area contributed by atoms with Gasteiger partial charge in [-0.2, -0.15) is 5.10 Å². The number of aromatic nitrogens is 4. The predicted octanol–water partition coefficient (Wildman–Crippen LogP) is 3.04. The van der Waals surface area contributed by atoms with Crippen molar-refractivity contribution in [1.29, 1.82) is 0 Å². The predicted molar refractivity (Wildman–Crippen MR) is 107 cm³/mol. The first kappa shape index (κ1) is 18.5. The molecule has 7 nitrogen and oxygen atoms in total. The molecule has 1 amide bonds. The van der Waals surface area contributed by atoms with Gasteiger partial charge in [-0.05, 0) is 25.5 Å². The van der Waals surface area contributed by atoms with Crippen LogP contribution in [0, 0.1) is 6.92 Å². The van der Waals surface area contributed by atoms with Crippen molar-refractivity contribution in [3.8, 4) is 10.6 Å². The molecule has 1 aliphatic rings. The van der Waals surface area contributed by atoms with Gasteiger partial charge in [0.1, 0.15) is 16.6 Å². The van der Waals surface area contributed by atoms with Crippen LogP contribution in [-0.4, -0.2) is 38.0 Å². The number of nitrogens with zero attached hydrogens (tertiary/aromatic N) is 5. The summed E-state index contributed by atoms with van der Waals surface area (Å²) in [6.07, 6.45) is 5.04. The minimum Gasteiger partial charge on any atom is -0.299 e. The largest absolute Gasteiger partial charge is 0.299 e. The third-order valence-corrected chi connectivity index (χ3v) is 5.53. The van der Waals surface area contributed by atoms with Crippen LogP contribution in [0.15, 0.2) is 36.0 Å². The molecular formula is C20H21N5O2S. The minimum atomic E-state index is -0.0266. The summed E-state index contributed by atoms with van der Waals surface area (Å²) < 4.78 is 1.87. The summed E-state index contributed by atoms with van der Waals surface area (Å²) >= 11 is 1.55. The molecule has 4 rings (SSSR count). The lowest BCUT2D eigenvalue weighted by Gasteiger charge is -2.27. The summed E-state index contributed by atoms with van der Waals surface area (Å²) in [6, 6.07) is 5.70. The first-order valence-electron chi connectivity index (χ1n) is 9.31. The molecule has 3 aromatic heterocycles. The normalized spacial score (nSPS) is 13.4. The maximum absolute atomic E-state index is 12.6. The van der Waals surface area contributed by atoms with Gasteiger partial charge in [-0.1, -0.05) is 0 Å². The Bertz CT molecular complexity index is 979. The number of thiazole rings is 1. The number of hydrogen-bond acceptors (Lipinski definition) is 6. The Morgan fingerprint density at radius 1 is 1.18 bits per heavy atom. The highest BCUT2D eigenvalue weighted by atomic mass is 32.1. The molecule has 0 fully saturated rings. The van der Waals surface area contributed by atoms with Gasteiger partial charge in [-0.25, -0.2) is 9.67 Å². The van der Waals surface area contributed by atoms with Gasteiger partial charge in [0.15, 0.2) is 0 Å². The number of rotatable bonds is 6.